The van der Waals surface area contributed by atoms with Crippen molar-refractivity contribution in [2.75, 3.05) is 13.2 Å². The number of allylic oxidation sites excluding steroid dienone is 2. The molecule has 0 bridgehead atoms. The molecule has 0 spiro atoms. The number of aliphatic hydroxyl groups is 2. The number of aromatic amines is 1. The lowest BCUT2D eigenvalue weighted by Crippen LogP contribution is -2.22. The Bertz CT molecular complexity index is 684. The Labute approximate surface area is 121 Å². The van der Waals surface area contributed by atoms with Crippen molar-refractivity contribution >= 4 is 17.6 Å². The molecule has 2 heterocycles. The molecule has 1 aromatic heterocycles. The normalized spacial score (nSPS) is 21.0. The van der Waals surface area contributed by atoms with Gasteiger partial charge in [0.1, 0.15) is 0 Å². The fourth-order valence-corrected chi connectivity index (χ4v) is 2.65. The Morgan fingerprint density at radius 1 is 1.43 bits per heavy atom. The van der Waals surface area contributed by atoms with E-state index in [0.29, 0.717) is 17.0 Å². The first-order chi connectivity index (χ1) is 10.1. The van der Waals surface area contributed by atoms with Crippen LogP contribution in [0.3, 0.4) is 0 Å². The highest BCUT2D eigenvalue weighted by atomic mass is 16.3. The van der Waals surface area contributed by atoms with Crippen LogP contribution in [-0.4, -0.2) is 50.9 Å². The summed E-state index contributed by atoms with van der Waals surface area (Å²) in [5.41, 5.74) is 1.72. The third kappa shape index (κ3) is 2.12. The number of nitrogens with one attached hydrogen (secondary N) is 1. The molecule has 2 aliphatic rings. The van der Waals surface area contributed by atoms with Gasteiger partial charge in [-0.25, -0.2) is 0 Å². The number of carbonyl (C=O) groups excluding carboxylic acids is 2. The summed E-state index contributed by atoms with van der Waals surface area (Å²) in [6, 6.07) is 0.264. The monoisotopic (exact) mass is 288 g/mol. The minimum Gasteiger partial charge on any atom is -0.392 e. The summed E-state index contributed by atoms with van der Waals surface area (Å²) in [6.07, 6.45) is 4.39. The van der Waals surface area contributed by atoms with E-state index in [9.17, 15) is 14.7 Å². The van der Waals surface area contributed by atoms with Crippen LogP contribution in [0.1, 0.15) is 39.0 Å². The summed E-state index contributed by atoms with van der Waals surface area (Å²) in [5.74, 6) is -0.505. The molecule has 3 rings (SSSR count). The number of hydrogen-bond acceptors (Lipinski definition) is 5. The molecule has 1 unspecified atom stereocenters. The molecule has 1 aromatic rings. The van der Waals surface area contributed by atoms with Gasteiger partial charge in [-0.1, -0.05) is 6.08 Å². The first-order valence-electron chi connectivity index (χ1n) is 6.79. The van der Waals surface area contributed by atoms with Crippen molar-refractivity contribution in [2.24, 2.45) is 0 Å². The van der Waals surface area contributed by atoms with Gasteiger partial charge in [0, 0.05) is 29.9 Å². The minimum atomic E-state index is -0.348. The second-order valence-electron chi connectivity index (χ2n) is 5.23. The third-order valence-corrected chi connectivity index (χ3v) is 3.83. The third-order valence-electron chi connectivity index (χ3n) is 3.83. The number of hydrogen-bond donors (Lipinski definition) is 3. The lowest BCUT2D eigenvalue weighted by Gasteiger charge is -2.14. The molecule has 1 aliphatic heterocycles. The molecule has 21 heavy (non-hydrogen) atoms. The topological polar surface area (TPSA) is 93.4 Å². The van der Waals surface area contributed by atoms with E-state index in [1.54, 1.807) is 6.08 Å². The smallest absolute Gasteiger partial charge is 0.211 e. The van der Waals surface area contributed by atoms with E-state index in [1.165, 1.54) is 12.2 Å². The Hall–Kier alpha value is -2.18. The van der Waals surface area contributed by atoms with Crippen LogP contribution in [0, 0.1) is 0 Å². The molecule has 3 N–H and O–H groups in total. The number of nitrogens with zero attached hydrogens (tertiary/aromatic N) is 1. The molecule has 0 amide bonds. The van der Waals surface area contributed by atoms with Crippen molar-refractivity contribution < 1.29 is 19.8 Å². The van der Waals surface area contributed by atoms with Gasteiger partial charge in [-0.15, -0.1) is 0 Å². The van der Waals surface area contributed by atoms with Gasteiger partial charge in [0.25, 0.3) is 0 Å². The highest BCUT2D eigenvalue weighted by Crippen LogP contribution is 2.33. The van der Waals surface area contributed by atoms with Crippen molar-refractivity contribution in [3.8, 4) is 0 Å². The zero-order valence-corrected chi connectivity index (χ0v) is 11.6. The van der Waals surface area contributed by atoms with Crippen LogP contribution in [-0.2, 0) is 6.61 Å². The van der Waals surface area contributed by atoms with E-state index in [2.05, 4.69) is 4.98 Å². The van der Waals surface area contributed by atoms with E-state index in [-0.39, 0.29) is 42.1 Å². The van der Waals surface area contributed by atoms with Crippen molar-refractivity contribution in [3.63, 3.8) is 0 Å². The summed E-state index contributed by atoms with van der Waals surface area (Å²) < 4.78 is 0. The van der Waals surface area contributed by atoms with E-state index in [4.69, 9.17) is 5.11 Å². The van der Waals surface area contributed by atoms with Gasteiger partial charge in [-0.3, -0.25) is 9.59 Å². The second-order valence-corrected chi connectivity index (χ2v) is 5.23. The molecule has 0 aromatic carbocycles. The molecule has 0 saturated carbocycles. The van der Waals surface area contributed by atoms with Crippen molar-refractivity contribution in [2.45, 2.75) is 19.6 Å². The number of carbonyl (C=O) groups is 2. The first kappa shape index (κ1) is 13.8. The SMILES string of the molecule is CC1CN1C1=CC(=O)c2[nH]c(/C=C/CO)c(CO)c2C1=O. The molecule has 1 fully saturated rings. The van der Waals surface area contributed by atoms with E-state index < -0.39 is 0 Å². The van der Waals surface area contributed by atoms with Gasteiger partial charge in [0.2, 0.25) is 11.6 Å². The maximum atomic E-state index is 12.6. The number of Topliss-reactive ketones (excluding diaryl/α,β-unsaturated/α-hetero) is 1. The van der Waals surface area contributed by atoms with E-state index in [0.717, 1.165) is 6.54 Å². The minimum absolute atomic E-state index is 0.161. The molecular weight excluding hydrogens is 272 g/mol. The highest BCUT2D eigenvalue weighted by molar-refractivity contribution is 6.24. The number of ketones is 2. The summed E-state index contributed by atoms with van der Waals surface area (Å²) in [4.78, 5) is 29.5. The van der Waals surface area contributed by atoms with Gasteiger partial charge in [-0.05, 0) is 13.0 Å². The zero-order valence-electron chi connectivity index (χ0n) is 11.6. The van der Waals surface area contributed by atoms with Crippen LogP contribution >= 0.6 is 0 Å². The quantitative estimate of drug-likeness (QED) is 0.701. The summed E-state index contributed by atoms with van der Waals surface area (Å²) >= 11 is 0. The lowest BCUT2D eigenvalue weighted by molar-refractivity contribution is 0.0965. The number of rotatable bonds is 4. The van der Waals surface area contributed by atoms with Crippen LogP contribution in [0.15, 0.2) is 17.8 Å². The number of aliphatic hydroxyl groups excluding tert-OH is 2. The maximum absolute atomic E-state index is 12.6. The van der Waals surface area contributed by atoms with Gasteiger partial charge < -0.3 is 20.1 Å². The predicted molar refractivity (Wildman–Crippen MR) is 75.7 cm³/mol. The van der Waals surface area contributed by atoms with E-state index in [1.807, 2.05) is 11.8 Å². The van der Waals surface area contributed by atoms with Gasteiger partial charge in [-0.2, -0.15) is 0 Å². The predicted octanol–water partition coefficient (Wildman–Crippen LogP) is 0.480. The molecule has 110 valence electrons. The molecular formula is C15H16N2O4. The number of fused-ring (bicyclic) bond motifs is 1. The number of H-pyrrole nitrogens is 1. The van der Waals surface area contributed by atoms with Crippen molar-refractivity contribution in [3.05, 3.63) is 40.4 Å². The van der Waals surface area contributed by atoms with Crippen LogP contribution in [0.25, 0.3) is 6.08 Å². The molecule has 1 aliphatic carbocycles. The second kappa shape index (κ2) is 4.98. The molecule has 1 saturated heterocycles. The average Bonchev–Trinajstić information content (AvgIpc) is 3.06. The number of aromatic nitrogens is 1. The first-order valence-corrected chi connectivity index (χ1v) is 6.79. The summed E-state index contributed by atoms with van der Waals surface area (Å²) in [5, 5.41) is 18.4. The Kier molecular flexibility index (Phi) is 3.27. The van der Waals surface area contributed by atoms with Crippen LogP contribution < -0.4 is 0 Å². The summed E-state index contributed by atoms with van der Waals surface area (Å²) in [6.45, 7) is 2.23. The Morgan fingerprint density at radius 2 is 2.14 bits per heavy atom. The molecule has 6 heteroatoms. The fourth-order valence-electron chi connectivity index (χ4n) is 2.65. The Balaban J connectivity index is 2.08. The lowest BCUT2D eigenvalue weighted by atomic mass is 9.95. The standard InChI is InChI=1S/C15H16N2O4/c1-8-6-17(8)11-5-12(20)14-13(15(11)21)9(7-19)10(16-14)3-2-4-18/h2-3,5,8,16,18-19H,4,6-7H2,1H3/b3-2+. The highest BCUT2D eigenvalue weighted by Gasteiger charge is 2.40. The van der Waals surface area contributed by atoms with Crippen LogP contribution in [0.2, 0.25) is 0 Å². The van der Waals surface area contributed by atoms with Crippen LogP contribution in [0.4, 0.5) is 0 Å². The molecule has 0 radical (unpaired) electrons. The van der Waals surface area contributed by atoms with Gasteiger partial charge >= 0.3 is 0 Å². The van der Waals surface area contributed by atoms with Crippen LogP contribution in [0.5, 0.6) is 0 Å². The van der Waals surface area contributed by atoms with Gasteiger partial charge in [0.15, 0.2) is 0 Å². The van der Waals surface area contributed by atoms with E-state index >= 15 is 0 Å². The van der Waals surface area contributed by atoms with Gasteiger partial charge in [0.05, 0.1) is 30.2 Å². The fraction of sp³-hybridized carbons (Fsp3) is 0.333. The molecule has 6 nitrogen and oxygen atoms in total. The van der Waals surface area contributed by atoms with Crippen molar-refractivity contribution in [1.82, 2.24) is 9.88 Å². The average molecular weight is 288 g/mol. The maximum Gasteiger partial charge on any atom is 0.211 e. The zero-order chi connectivity index (χ0) is 15.1. The Morgan fingerprint density at radius 3 is 2.71 bits per heavy atom. The summed E-state index contributed by atoms with van der Waals surface area (Å²) in [7, 11) is 0. The van der Waals surface area contributed by atoms with Crippen molar-refractivity contribution in [1.29, 1.82) is 0 Å². The molecule has 1 atom stereocenters. The largest absolute Gasteiger partial charge is 0.392 e.